The zero-order valence-electron chi connectivity index (χ0n) is 12.9. The Morgan fingerprint density at radius 1 is 1.32 bits per heavy atom. The molecule has 0 aromatic carbocycles. The van der Waals surface area contributed by atoms with Gasteiger partial charge in [-0.3, -0.25) is 0 Å². The van der Waals surface area contributed by atoms with Crippen molar-refractivity contribution in [2.75, 3.05) is 19.8 Å². The second kappa shape index (κ2) is 7.05. The maximum atomic E-state index is 6.22. The van der Waals surface area contributed by atoms with Gasteiger partial charge in [0.05, 0.1) is 18.8 Å². The van der Waals surface area contributed by atoms with Gasteiger partial charge in [-0.05, 0) is 50.5 Å². The number of rotatable bonds is 6. The Labute approximate surface area is 118 Å². The first kappa shape index (κ1) is 15.3. The minimum atomic E-state index is 0.344. The van der Waals surface area contributed by atoms with Gasteiger partial charge in [0.15, 0.2) is 0 Å². The van der Waals surface area contributed by atoms with E-state index in [0.29, 0.717) is 23.7 Å². The molecule has 3 unspecified atom stereocenters. The molecule has 0 bridgehead atoms. The molecule has 0 aromatic heterocycles. The molecule has 3 atom stereocenters. The van der Waals surface area contributed by atoms with Gasteiger partial charge in [0.1, 0.15) is 0 Å². The highest BCUT2D eigenvalue weighted by molar-refractivity contribution is 4.90. The third-order valence-corrected chi connectivity index (χ3v) is 4.51. The van der Waals surface area contributed by atoms with Gasteiger partial charge in [0.25, 0.3) is 0 Å². The van der Waals surface area contributed by atoms with Crippen LogP contribution in [0.1, 0.15) is 59.3 Å². The van der Waals surface area contributed by atoms with Crippen LogP contribution >= 0.6 is 0 Å². The molecule has 2 fully saturated rings. The number of nitrogens with one attached hydrogen (secondary N) is 1. The Balaban J connectivity index is 1.83. The van der Waals surface area contributed by atoms with Crippen LogP contribution in [0, 0.1) is 5.41 Å². The summed E-state index contributed by atoms with van der Waals surface area (Å²) < 4.78 is 11.9. The largest absolute Gasteiger partial charge is 0.376 e. The maximum Gasteiger partial charge on any atom is 0.0809 e. The van der Waals surface area contributed by atoms with Crippen molar-refractivity contribution in [3.8, 4) is 0 Å². The first-order valence-electron chi connectivity index (χ1n) is 8.07. The Morgan fingerprint density at radius 3 is 2.84 bits per heavy atom. The molecule has 0 amide bonds. The van der Waals surface area contributed by atoms with Crippen molar-refractivity contribution in [3.63, 3.8) is 0 Å². The average molecular weight is 269 g/mol. The minimum absolute atomic E-state index is 0.344. The Morgan fingerprint density at radius 2 is 2.16 bits per heavy atom. The summed E-state index contributed by atoms with van der Waals surface area (Å²) in [4.78, 5) is 0. The number of hydrogen-bond donors (Lipinski definition) is 1. The van der Waals surface area contributed by atoms with E-state index in [4.69, 9.17) is 9.47 Å². The van der Waals surface area contributed by atoms with Gasteiger partial charge in [-0.1, -0.05) is 20.8 Å². The monoisotopic (exact) mass is 269 g/mol. The Kier molecular flexibility index (Phi) is 5.67. The molecule has 0 aromatic rings. The van der Waals surface area contributed by atoms with Gasteiger partial charge in [-0.25, -0.2) is 0 Å². The van der Waals surface area contributed by atoms with Crippen LogP contribution in [0.4, 0.5) is 0 Å². The van der Waals surface area contributed by atoms with Gasteiger partial charge in [-0.2, -0.15) is 0 Å². The quantitative estimate of drug-likeness (QED) is 0.803. The third kappa shape index (κ3) is 4.73. The van der Waals surface area contributed by atoms with Crippen LogP contribution in [0.5, 0.6) is 0 Å². The fraction of sp³-hybridized carbons (Fsp3) is 1.00. The molecule has 3 heteroatoms. The van der Waals surface area contributed by atoms with Gasteiger partial charge in [0.2, 0.25) is 0 Å². The number of hydrogen-bond acceptors (Lipinski definition) is 3. The van der Waals surface area contributed by atoms with E-state index in [0.717, 1.165) is 19.8 Å². The normalized spacial score (nSPS) is 34.6. The smallest absolute Gasteiger partial charge is 0.0809 e. The first-order valence-corrected chi connectivity index (χ1v) is 8.07. The molecule has 0 spiro atoms. The van der Waals surface area contributed by atoms with E-state index in [-0.39, 0.29) is 0 Å². The lowest BCUT2D eigenvalue weighted by molar-refractivity contribution is -0.0648. The number of ether oxygens (including phenoxy) is 2. The van der Waals surface area contributed by atoms with Crippen LogP contribution in [-0.2, 0) is 9.47 Å². The molecular weight excluding hydrogens is 238 g/mol. The summed E-state index contributed by atoms with van der Waals surface area (Å²) in [6.45, 7) is 9.76. The van der Waals surface area contributed by atoms with E-state index in [1.165, 1.54) is 38.5 Å². The predicted molar refractivity (Wildman–Crippen MR) is 78.4 cm³/mol. The van der Waals surface area contributed by atoms with Gasteiger partial charge >= 0.3 is 0 Å². The third-order valence-electron chi connectivity index (χ3n) is 4.51. The second-order valence-electron chi connectivity index (χ2n) is 6.97. The molecule has 1 saturated carbocycles. The molecule has 0 radical (unpaired) electrons. The van der Waals surface area contributed by atoms with Gasteiger partial charge in [0, 0.05) is 12.6 Å². The molecule has 1 heterocycles. The van der Waals surface area contributed by atoms with E-state index in [1.807, 2.05) is 0 Å². The van der Waals surface area contributed by atoms with Crippen molar-refractivity contribution < 1.29 is 9.47 Å². The van der Waals surface area contributed by atoms with Crippen LogP contribution in [0.3, 0.4) is 0 Å². The minimum Gasteiger partial charge on any atom is -0.376 e. The van der Waals surface area contributed by atoms with Crippen molar-refractivity contribution in [1.82, 2.24) is 5.32 Å². The molecule has 1 aliphatic heterocycles. The van der Waals surface area contributed by atoms with Crippen molar-refractivity contribution >= 4 is 0 Å². The van der Waals surface area contributed by atoms with Crippen molar-refractivity contribution in [2.45, 2.75) is 77.5 Å². The molecule has 1 aliphatic carbocycles. The van der Waals surface area contributed by atoms with Gasteiger partial charge in [-0.15, -0.1) is 0 Å². The molecule has 1 saturated heterocycles. The fourth-order valence-corrected chi connectivity index (χ4v) is 3.27. The van der Waals surface area contributed by atoms with E-state index in [1.54, 1.807) is 0 Å². The lowest BCUT2D eigenvalue weighted by atomic mass is 9.74. The lowest BCUT2D eigenvalue weighted by Crippen LogP contribution is -2.48. The Hall–Kier alpha value is -0.120. The summed E-state index contributed by atoms with van der Waals surface area (Å²) in [6.07, 6.45) is 7.97. The molecule has 19 heavy (non-hydrogen) atoms. The molecule has 2 rings (SSSR count). The zero-order chi connectivity index (χ0) is 13.7. The molecular formula is C16H31NO2. The summed E-state index contributed by atoms with van der Waals surface area (Å²) in [5.74, 6) is 0. The maximum absolute atomic E-state index is 6.22. The van der Waals surface area contributed by atoms with E-state index < -0.39 is 0 Å². The van der Waals surface area contributed by atoms with Crippen molar-refractivity contribution in [2.24, 2.45) is 5.41 Å². The van der Waals surface area contributed by atoms with Crippen LogP contribution < -0.4 is 5.32 Å². The van der Waals surface area contributed by atoms with E-state index >= 15 is 0 Å². The molecule has 2 aliphatic rings. The molecule has 1 N–H and O–H groups in total. The molecule has 3 nitrogen and oxygen atoms in total. The van der Waals surface area contributed by atoms with Crippen molar-refractivity contribution in [1.29, 1.82) is 0 Å². The van der Waals surface area contributed by atoms with Crippen LogP contribution in [0.2, 0.25) is 0 Å². The average Bonchev–Trinajstić information content (AvgIpc) is 2.87. The van der Waals surface area contributed by atoms with Crippen LogP contribution in [0.15, 0.2) is 0 Å². The fourth-order valence-electron chi connectivity index (χ4n) is 3.27. The summed E-state index contributed by atoms with van der Waals surface area (Å²) >= 11 is 0. The molecule has 112 valence electrons. The standard InChI is InChI=1S/C16H31NO2/c1-4-9-17-14-7-8-16(2,3)11-15(14)19-12-13-6-5-10-18-13/h13-15,17H,4-12H2,1-3H3. The summed E-state index contributed by atoms with van der Waals surface area (Å²) in [7, 11) is 0. The SMILES string of the molecule is CCCNC1CCC(C)(C)CC1OCC1CCCO1. The Bertz CT molecular complexity index is 261. The summed E-state index contributed by atoms with van der Waals surface area (Å²) in [5, 5.41) is 3.67. The predicted octanol–water partition coefficient (Wildman–Crippen LogP) is 3.13. The van der Waals surface area contributed by atoms with Crippen LogP contribution in [0.25, 0.3) is 0 Å². The second-order valence-corrected chi connectivity index (χ2v) is 6.97. The highest BCUT2D eigenvalue weighted by Crippen LogP contribution is 2.37. The topological polar surface area (TPSA) is 30.5 Å². The van der Waals surface area contributed by atoms with E-state index in [9.17, 15) is 0 Å². The van der Waals surface area contributed by atoms with Gasteiger partial charge < -0.3 is 14.8 Å². The lowest BCUT2D eigenvalue weighted by Gasteiger charge is -2.41. The van der Waals surface area contributed by atoms with E-state index in [2.05, 4.69) is 26.1 Å². The highest BCUT2D eigenvalue weighted by Gasteiger charge is 2.35. The zero-order valence-corrected chi connectivity index (χ0v) is 12.9. The highest BCUT2D eigenvalue weighted by atomic mass is 16.5. The summed E-state index contributed by atoms with van der Waals surface area (Å²) in [6, 6.07) is 0.536. The summed E-state index contributed by atoms with van der Waals surface area (Å²) in [5.41, 5.74) is 0.422. The first-order chi connectivity index (χ1) is 9.11. The van der Waals surface area contributed by atoms with Crippen molar-refractivity contribution in [3.05, 3.63) is 0 Å². The van der Waals surface area contributed by atoms with Crippen LogP contribution in [-0.4, -0.2) is 38.0 Å².